The van der Waals surface area contributed by atoms with Crippen molar-refractivity contribution in [3.05, 3.63) is 45.3 Å². The van der Waals surface area contributed by atoms with Gasteiger partial charge < -0.3 is 9.47 Å². The molecule has 0 heterocycles. The fourth-order valence-corrected chi connectivity index (χ4v) is 3.56. The van der Waals surface area contributed by atoms with Crippen molar-refractivity contribution in [1.82, 2.24) is 0 Å². The number of halogens is 2. The standard InChI is InChI=1S/C16H12Br2O2/c1-19-15-11-7-9-5-3-4-6-10(9)8-12(11)16(20-2)14(18)13(15)17/h3-8H,1-2H3. The summed E-state index contributed by atoms with van der Waals surface area (Å²) in [5.74, 6) is 1.61. The van der Waals surface area contributed by atoms with Gasteiger partial charge in [0.2, 0.25) is 0 Å². The molecule has 3 aromatic carbocycles. The second-order valence-corrected chi connectivity index (χ2v) is 6.03. The van der Waals surface area contributed by atoms with Gasteiger partial charge in [0.15, 0.2) is 0 Å². The number of fused-ring (bicyclic) bond motifs is 2. The fraction of sp³-hybridized carbons (Fsp3) is 0.125. The molecule has 0 atom stereocenters. The first-order chi connectivity index (χ1) is 9.67. The van der Waals surface area contributed by atoms with Crippen molar-refractivity contribution >= 4 is 53.4 Å². The summed E-state index contributed by atoms with van der Waals surface area (Å²) < 4.78 is 12.8. The summed E-state index contributed by atoms with van der Waals surface area (Å²) in [5.41, 5.74) is 0. The number of ether oxygens (including phenoxy) is 2. The molecule has 0 aromatic heterocycles. The molecule has 0 fully saturated rings. The first kappa shape index (κ1) is 13.7. The van der Waals surface area contributed by atoms with Crippen molar-refractivity contribution in [2.45, 2.75) is 0 Å². The summed E-state index contributed by atoms with van der Waals surface area (Å²) in [4.78, 5) is 0. The van der Waals surface area contributed by atoms with Crippen molar-refractivity contribution in [2.75, 3.05) is 14.2 Å². The lowest BCUT2D eigenvalue weighted by Crippen LogP contribution is -1.93. The van der Waals surface area contributed by atoms with Gasteiger partial charge in [0, 0.05) is 10.8 Å². The Hall–Kier alpha value is -1.26. The van der Waals surface area contributed by atoms with Crippen molar-refractivity contribution < 1.29 is 9.47 Å². The van der Waals surface area contributed by atoms with Gasteiger partial charge in [-0.1, -0.05) is 24.3 Å². The van der Waals surface area contributed by atoms with E-state index >= 15 is 0 Å². The molecule has 0 saturated carbocycles. The van der Waals surface area contributed by atoms with E-state index in [9.17, 15) is 0 Å². The highest BCUT2D eigenvalue weighted by Crippen LogP contribution is 2.47. The molecule has 0 N–H and O–H groups in total. The second kappa shape index (κ2) is 5.26. The normalized spacial score (nSPS) is 11.0. The molecule has 3 rings (SSSR count). The van der Waals surface area contributed by atoms with E-state index in [0.29, 0.717) is 0 Å². The molecule has 0 bridgehead atoms. The summed E-state index contributed by atoms with van der Waals surface area (Å²) in [5, 5.41) is 4.40. The van der Waals surface area contributed by atoms with Gasteiger partial charge in [-0.3, -0.25) is 0 Å². The molecule has 0 spiro atoms. The quantitative estimate of drug-likeness (QED) is 0.530. The molecule has 0 unspecified atom stereocenters. The summed E-state index contributed by atoms with van der Waals surface area (Å²) >= 11 is 7.13. The van der Waals surface area contributed by atoms with E-state index in [1.807, 2.05) is 12.1 Å². The Labute approximate surface area is 133 Å². The molecule has 0 amide bonds. The van der Waals surface area contributed by atoms with Crippen LogP contribution in [0.4, 0.5) is 0 Å². The van der Waals surface area contributed by atoms with Crippen LogP contribution >= 0.6 is 31.9 Å². The Bertz CT molecular complexity index is 745. The highest BCUT2D eigenvalue weighted by molar-refractivity contribution is 9.13. The van der Waals surface area contributed by atoms with E-state index in [-0.39, 0.29) is 0 Å². The zero-order valence-electron chi connectivity index (χ0n) is 11.0. The zero-order chi connectivity index (χ0) is 14.3. The van der Waals surface area contributed by atoms with Crippen LogP contribution in [-0.4, -0.2) is 14.2 Å². The first-order valence-electron chi connectivity index (χ1n) is 6.08. The number of methoxy groups -OCH3 is 2. The SMILES string of the molecule is COc1c(Br)c(Br)c(OC)c2cc3ccccc3cc12. The van der Waals surface area contributed by atoms with Crippen LogP contribution in [0.2, 0.25) is 0 Å². The fourth-order valence-electron chi connectivity index (χ4n) is 2.45. The third-order valence-corrected chi connectivity index (χ3v) is 5.42. The van der Waals surface area contributed by atoms with Gasteiger partial charge in [0.25, 0.3) is 0 Å². The Kier molecular flexibility index (Phi) is 3.61. The van der Waals surface area contributed by atoms with E-state index in [1.54, 1.807) is 14.2 Å². The zero-order valence-corrected chi connectivity index (χ0v) is 14.2. The molecular weight excluding hydrogens is 384 g/mol. The van der Waals surface area contributed by atoms with Crippen molar-refractivity contribution in [3.63, 3.8) is 0 Å². The lowest BCUT2D eigenvalue weighted by molar-refractivity contribution is 0.406. The highest BCUT2D eigenvalue weighted by Gasteiger charge is 2.18. The molecule has 3 aromatic rings. The number of rotatable bonds is 2. The van der Waals surface area contributed by atoms with Gasteiger partial charge in [0.1, 0.15) is 11.5 Å². The van der Waals surface area contributed by atoms with Gasteiger partial charge in [-0.25, -0.2) is 0 Å². The third kappa shape index (κ3) is 1.98. The van der Waals surface area contributed by atoms with Crippen LogP contribution in [0, 0.1) is 0 Å². The van der Waals surface area contributed by atoms with Crippen molar-refractivity contribution in [2.24, 2.45) is 0 Å². The average Bonchev–Trinajstić information content (AvgIpc) is 2.47. The monoisotopic (exact) mass is 394 g/mol. The van der Waals surface area contributed by atoms with Gasteiger partial charge in [-0.05, 0) is 54.8 Å². The molecule has 0 aliphatic carbocycles. The molecule has 102 valence electrons. The maximum atomic E-state index is 5.56. The predicted molar refractivity (Wildman–Crippen MR) is 90.0 cm³/mol. The van der Waals surface area contributed by atoms with Gasteiger partial charge >= 0.3 is 0 Å². The van der Waals surface area contributed by atoms with E-state index in [2.05, 4.69) is 56.1 Å². The highest BCUT2D eigenvalue weighted by atomic mass is 79.9. The maximum absolute atomic E-state index is 5.56. The van der Waals surface area contributed by atoms with Crippen LogP contribution in [0.1, 0.15) is 0 Å². The van der Waals surface area contributed by atoms with E-state index in [0.717, 1.165) is 31.2 Å². The van der Waals surface area contributed by atoms with Gasteiger partial charge in [-0.15, -0.1) is 0 Å². The molecule has 0 saturated heterocycles. The average molecular weight is 396 g/mol. The lowest BCUT2D eigenvalue weighted by atomic mass is 10.0. The summed E-state index contributed by atoms with van der Waals surface area (Å²) in [6, 6.07) is 12.5. The molecule has 0 aliphatic rings. The van der Waals surface area contributed by atoms with Crippen LogP contribution in [0.25, 0.3) is 21.5 Å². The van der Waals surface area contributed by atoms with Gasteiger partial charge in [-0.2, -0.15) is 0 Å². The summed E-state index contributed by atoms with van der Waals surface area (Å²) in [6.07, 6.45) is 0. The first-order valence-corrected chi connectivity index (χ1v) is 7.67. The Morgan fingerprint density at radius 3 is 1.50 bits per heavy atom. The number of benzene rings is 3. The Morgan fingerprint density at radius 1 is 0.750 bits per heavy atom. The molecule has 0 aliphatic heterocycles. The van der Waals surface area contributed by atoms with Gasteiger partial charge in [0.05, 0.1) is 23.2 Å². The van der Waals surface area contributed by atoms with Crippen LogP contribution < -0.4 is 9.47 Å². The smallest absolute Gasteiger partial charge is 0.142 e. The minimum absolute atomic E-state index is 0.804. The minimum Gasteiger partial charge on any atom is -0.495 e. The van der Waals surface area contributed by atoms with Crippen molar-refractivity contribution in [1.29, 1.82) is 0 Å². The Morgan fingerprint density at radius 2 is 1.15 bits per heavy atom. The maximum Gasteiger partial charge on any atom is 0.142 e. The third-order valence-electron chi connectivity index (χ3n) is 3.37. The summed E-state index contributed by atoms with van der Waals surface area (Å²) in [6.45, 7) is 0. The topological polar surface area (TPSA) is 18.5 Å². The molecular formula is C16H12Br2O2. The summed E-state index contributed by atoms with van der Waals surface area (Å²) in [7, 11) is 3.35. The van der Waals surface area contributed by atoms with E-state index in [1.165, 1.54) is 10.8 Å². The lowest BCUT2D eigenvalue weighted by Gasteiger charge is -2.15. The van der Waals surface area contributed by atoms with E-state index < -0.39 is 0 Å². The van der Waals surface area contributed by atoms with Crippen LogP contribution in [0.3, 0.4) is 0 Å². The predicted octanol–water partition coefficient (Wildman–Crippen LogP) is 5.54. The minimum atomic E-state index is 0.804. The number of hydrogen-bond acceptors (Lipinski definition) is 2. The Balaban J connectivity index is 2.55. The molecule has 2 nitrogen and oxygen atoms in total. The largest absolute Gasteiger partial charge is 0.495 e. The van der Waals surface area contributed by atoms with E-state index in [4.69, 9.17) is 9.47 Å². The van der Waals surface area contributed by atoms with Crippen LogP contribution in [-0.2, 0) is 0 Å². The second-order valence-electron chi connectivity index (χ2n) is 4.44. The van der Waals surface area contributed by atoms with Crippen LogP contribution in [0.15, 0.2) is 45.3 Å². The number of hydrogen-bond donors (Lipinski definition) is 0. The van der Waals surface area contributed by atoms with Crippen LogP contribution in [0.5, 0.6) is 11.5 Å². The molecule has 0 radical (unpaired) electrons. The molecule has 4 heteroatoms. The molecule has 20 heavy (non-hydrogen) atoms. The van der Waals surface area contributed by atoms with Crippen molar-refractivity contribution in [3.8, 4) is 11.5 Å².